The molecular weight excluding hydrogens is 392 g/mol. The molecule has 6 heteroatoms. The van der Waals surface area contributed by atoms with E-state index >= 15 is 0 Å². The number of ether oxygens (including phenoxy) is 4. The van der Waals surface area contributed by atoms with Crippen molar-refractivity contribution in [2.45, 2.75) is 0 Å². The Morgan fingerprint density at radius 2 is 1.55 bits per heavy atom. The Balaban J connectivity index is 1.48. The van der Waals surface area contributed by atoms with E-state index in [-0.39, 0.29) is 6.61 Å². The Kier molecular flexibility index (Phi) is 7.87. The Morgan fingerprint density at radius 1 is 0.862 bits per heavy atom. The summed E-state index contributed by atoms with van der Waals surface area (Å²) < 4.78 is 21.8. The van der Waals surface area contributed by atoms with Gasteiger partial charge in [-0.05, 0) is 29.0 Å². The number of hydrogen-bond donors (Lipinski definition) is 0. The fourth-order valence-electron chi connectivity index (χ4n) is 2.93. The summed E-state index contributed by atoms with van der Waals surface area (Å²) >= 11 is 6.20. The van der Waals surface area contributed by atoms with Crippen molar-refractivity contribution in [2.75, 3.05) is 39.6 Å². The maximum atomic E-state index is 10.9. The smallest absolute Gasteiger partial charge is 0.330 e. The molecule has 0 aliphatic carbocycles. The highest BCUT2D eigenvalue weighted by Crippen LogP contribution is 2.36. The van der Waals surface area contributed by atoms with Crippen LogP contribution in [0.2, 0.25) is 5.02 Å². The van der Waals surface area contributed by atoms with E-state index in [9.17, 15) is 4.79 Å². The maximum absolute atomic E-state index is 10.9. The van der Waals surface area contributed by atoms with Crippen LogP contribution in [0.5, 0.6) is 5.75 Å². The normalized spacial score (nSPS) is 10.9. The fraction of sp³-hybridized carbons (Fsp3) is 0.261. The molecule has 0 unspecified atom stereocenters. The number of esters is 1. The average molecular weight is 415 g/mol. The van der Waals surface area contributed by atoms with Crippen LogP contribution in [0.4, 0.5) is 0 Å². The number of fused-ring (bicyclic) bond motifs is 2. The van der Waals surface area contributed by atoms with Crippen LogP contribution in [0, 0.1) is 0 Å². The van der Waals surface area contributed by atoms with Gasteiger partial charge >= 0.3 is 5.97 Å². The van der Waals surface area contributed by atoms with E-state index in [0.717, 1.165) is 33.4 Å². The Bertz CT molecular complexity index is 986. The molecule has 0 aliphatic rings. The standard InChI is InChI=1S/C23H23ClO5/c1-2-22(25)28-13-11-26-9-10-27-12-14-29-23-20-6-4-3-5-17(20)15-18-7-8-19(24)16-21(18)23/h2-8,15-16H,1,9-14H2. The minimum Gasteiger partial charge on any atom is -0.490 e. The monoisotopic (exact) mass is 414 g/mol. The lowest BCUT2D eigenvalue weighted by Crippen LogP contribution is -2.13. The molecule has 3 aromatic rings. The third-order valence-corrected chi connectivity index (χ3v) is 4.50. The molecule has 0 aliphatic heterocycles. The summed E-state index contributed by atoms with van der Waals surface area (Å²) in [5, 5.41) is 4.89. The summed E-state index contributed by atoms with van der Waals surface area (Å²) in [6.45, 7) is 5.53. The van der Waals surface area contributed by atoms with Crippen LogP contribution in [-0.2, 0) is 19.0 Å². The quantitative estimate of drug-likeness (QED) is 0.195. The van der Waals surface area contributed by atoms with Crippen LogP contribution in [-0.4, -0.2) is 45.6 Å². The lowest BCUT2D eigenvalue weighted by atomic mass is 10.0. The molecule has 3 aromatic carbocycles. The van der Waals surface area contributed by atoms with E-state index in [4.69, 9.17) is 30.5 Å². The second kappa shape index (κ2) is 10.8. The second-order valence-corrected chi connectivity index (χ2v) is 6.67. The molecule has 0 aromatic heterocycles. The number of hydrogen-bond acceptors (Lipinski definition) is 5. The summed E-state index contributed by atoms with van der Waals surface area (Å²) in [5.74, 6) is 0.355. The number of halogens is 1. The van der Waals surface area contributed by atoms with Gasteiger partial charge in [0, 0.05) is 21.9 Å². The zero-order chi connectivity index (χ0) is 20.5. The van der Waals surface area contributed by atoms with Crippen molar-refractivity contribution in [3.8, 4) is 5.75 Å². The Labute approximate surface area is 174 Å². The van der Waals surface area contributed by atoms with E-state index in [0.29, 0.717) is 38.1 Å². The van der Waals surface area contributed by atoms with Gasteiger partial charge in [-0.15, -0.1) is 0 Å². The minimum atomic E-state index is -0.454. The van der Waals surface area contributed by atoms with Gasteiger partial charge < -0.3 is 18.9 Å². The van der Waals surface area contributed by atoms with Crippen molar-refractivity contribution in [2.24, 2.45) is 0 Å². The average Bonchev–Trinajstić information content (AvgIpc) is 2.74. The van der Waals surface area contributed by atoms with Crippen LogP contribution in [0.1, 0.15) is 0 Å². The van der Waals surface area contributed by atoms with Gasteiger partial charge in [-0.2, -0.15) is 0 Å². The molecule has 0 spiro atoms. The van der Waals surface area contributed by atoms with Crippen LogP contribution >= 0.6 is 11.6 Å². The molecule has 0 amide bonds. The SMILES string of the molecule is C=CC(=O)OCCOCCOCCOc1c2ccccc2cc2ccc(Cl)cc12. The second-order valence-electron chi connectivity index (χ2n) is 6.24. The highest BCUT2D eigenvalue weighted by Gasteiger charge is 2.09. The number of rotatable bonds is 11. The van der Waals surface area contributed by atoms with Crippen LogP contribution in [0.3, 0.4) is 0 Å². The summed E-state index contributed by atoms with van der Waals surface area (Å²) in [6.07, 6.45) is 1.12. The molecule has 0 radical (unpaired) electrons. The van der Waals surface area contributed by atoms with Crippen molar-refractivity contribution in [1.82, 2.24) is 0 Å². The fourth-order valence-corrected chi connectivity index (χ4v) is 3.11. The van der Waals surface area contributed by atoms with E-state index in [2.05, 4.69) is 18.7 Å². The summed E-state index contributed by atoms with van der Waals surface area (Å²) in [7, 11) is 0. The molecule has 152 valence electrons. The van der Waals surface area contributed by atoms with E-state index in [1.807, 2.05) is 36.4 Å². The molecule has 0 fully saturated rings. The molecule has 3 rings (SSSR count). The first-order valence-electron chi connectivity index (χ1n) is 9.37. The zero-order valence-corrected chi connectivity index (χ0v) is 16.8. The van der Waals surface area contributed by atoms with Crippen LogP contribution in [0.25, 0.3) is 21.5 Å². The highest BCUT2D eigenvalue weighted by molar-refractivity contribution is 6.31. The molecular formula is C23H23ClO5. The van der Waals surface area contributed by atoms with E-state index in [1.54, 1.807) is 0 Å². The zero-order valence-electron chi connectivity index (χ0n) is 16.1. The van der Waals surface area contributed by atoms with E-state index in [1.165, 1.54) is 0 Å². The van der Waals surface area contributed by atoms with Gasteiger partial charge in [0.15, 0.2) is 0 Å². The molecule has 0 bridgehead atoms. The van der Waals surface area contributed by atoms with Crippen LogP contribution < -0.4 is 4.74 Å². The highest BCUT2D eigenvalue weighted by atomic mass is 35.5. The summed E-state index contributed by atoms with van der Waals surface area (Å²) in [6, 6.07) is 16.0. The Morgan fingerprint density at radius 3 is 2.34 bits per heavy atom. The molecule has 0 heterocycles. The van der Waals surface area contributed by atoms with Gasteiger partial charge in [0.2, 0.25) is 0 Å². The number of carbonyl (C=O) groups is 1. The predicted octanol–water partition coefficient (Wildman–Crippen LogP) is 4.79. The van der Waals surface area contributed by atoms with E-state index < -0.39 is 5.97 Å². The molecule has 0 saturated carbocycles. The lowest BCUT2D eigenvalue weighted by Gasteiger charge is -2.14. The van der Waals surface area contributed by atoms with Crippen molar-refractivity contribution in [3.05, 3.63) is 66.2 Å². The van der Waals surface area contributed by atoms with Gasteiger partial charge in [-0.25, -0.2) is 4.79 Å². The molecule has 5 nitrogen and oxygen atoms in total. The molecule has 0 N–H and O–H groups in total. The number of benzene rings is 3. The topological polar surface area (TPSA) is 54.0 Å². The maximum Gasteiger partial charge on any atom is 0.330 e. The predicted molar refractivity (Wildman–Crippen MR) is 115 cm³/mol. The Hall–Kier alpha value is -2.60. The van der Waals surface area contributed by atoms with Gasteiger partial charge in [-0.1, -0.05) is 48.5 Å². The number of carbonyl (C=O) groups excluding carboxylic acids is 1. The van der Waals surface area contributed by atoms with Crippen molar-refractivity contribution in [3.63, 3.8) is 0 Å². The molecule has 29 heavy (non-hydrogen) atoms. The summed E-state index contributed by atoms with van der Waals surface area (Å²) in [5.41, 5.74) is 0. The van der Waals surface area contributed by atoms with Crippen molar-refractivity contribution < 1.29 is 23.7 Å². The minimum absolute atomic E-state index is 0.199. The van der Waals surface area contributed by atoms with Gasteiger partial charge in [0.1, 0.15) is 19.0 Å². The van der Waals surface area contributed by atoms with Gasteiger partial charge in [-0.3, -0.25) is 0 Å². The van der Waals surface area contributed by atoms with Crippen LogP contribution in [0.15, 0.2) is 61.2 Å². The first-order chi connectivity index (χ1) is 14.2. The van der Waals surface area contributed by atoms with Crippen molar-refractivity contribution >= 4 is 39.1 Å². The third kappa shape index (κ3) is 5.94. The third-order valence-electron chi connectivity index (χ3n) is 4.26. The lowest BCUT2D eigenvalue weighted by molar-refractivity contribution is -0.139. The first kappa shape index (κ1) is 21.1. The molecule has 0 atom stereocenters. The molecule has 0 saturated heterocycles. The van der Waals surface area contributed by atoms with Gasteiger partial charge in [0.25, 0.3) is 0 Å². The largest absolute Gasteiger partial charge is 0.490 e. The first-order valence-corrected chi connectivity index (χ1v) is 9.75. The summed E-state index contributed by atoms with van der Waals surface area (Å²) in [4.78, 5) is 10.9. The van der Waals surface area contributed by atoms with Crippen molar-refractivity contribution in [1.29, 1.82) is 0 Å². The van der Waals surface area contributed by atoms with Gasteiger partial charge in [0.05, 0.1) is 26.4 Å².